The minimum Gasteiger partial charge on any atom is -0.323 e. The van der Waals surface area contributed by atoms with Crippen LogP contribution in [0.5, 0.6) is 0 Å². The van der Waals surface area contributed by atoms with E-state index in [2.05, 4.69) is 20.5 Å². The van der Waals surface area contributed by atoms with Crippen molar-refractivity contribution in [2.45, 2.75) is 5.16 Å². The van der Waals surface area contributed by atoms with E-state index in [1.54, 1.807) is 0 Å². The summed E-state index contributed by atoms with van der Waals surface area (Å²) in [6.45, 7) is 0. The van der Waals surface area contributed by atoms with Crippen LogP contribution in [0, 0.1) is 0 Å². The molecule has 5 nitrogen and oxygen atoms in total. The molecule has 100 valence electrons. The smallest absolute Gasteiger partial charge is 0.234 e. The molecule has 1 aromatic carbocycles. The van der Waals surface area contributed by atoms with Crippen molar-refractivity contribution in [1.82, 2.24) is 15.2 Å². The van der Waals surface area contributed by atoms with Crippen molar-refractivity contribution in [2.75, 3.05) is 11.1 Å². The molecule has 19 heavy (non-hydrogen) atoms. The number of benzene rings is 1. The van der Waals surface area contributed by atoms with E-state index in [1.807, 2.05) is 0 Å². The van der Waals surface area contributed by atoms with Crippen LogP contribution in [0.25, 0.3) is 0 Å². The van der Waals surface area contributed by atoms with Gasteiger partial charge in [0.25, 0.3) is 0 Å². The summed E-state index contributed by atoms with van der Waals surface area (Å²) < 4.78 is 0. The second-order valence-corrected chi connectivity index (χ2v) is 5.59. The topological polar surface area (TPSA) is 70.7 Å². The number of amides is 1. The fourth-order valence-corrected chi connectivity index (χ4v) is 2.73. The minimum atomic E-state index is -0.257. The Balaban J connectivity index is 1.99. The number of nitrogens with one attached hydrogen (secondary N) is 2. The molecule has 2 N–H and O–H groups in total. The standard InChI is InChI=1S/C10H7Cl3N4OS/c11-5-1-6(12)9(7(13)2-5)16-8(18)3-19-10-14-4-15-17-10/h1-2,4H,3H2,(H,16,18)(H,14,15,17). The zero-order valence-corrected chi connectivity index (χ0v) is 12.4. The molecule has 0 spiro atoms. The summed E-state index contributed by atoms with van der Waals surface area (Å²) >= 11 is 18.9. The Morgan fingerprint density at radius 2 is 2.00 bits per heavy atom. The second-order valence-electron chi connectivity index (χ2n) is 3.37. The quantitative estimate of drug-likeness (QED) is 0.838. The van der Waals surface area contributed by atoms with Gasteiger partial charge in [-0.05, 0) is 12.1 Å². The van der Waals surface area contributed by atoms with Crippen LogP contribution in [0.3, 0.4) is 0 Å². The maximum atomic E-state index is 11.8. The predicted molar refractivity (Wildman–Crippen MR) is 77.2 cm³/mol. The number of halogens is 3. The van der Waals surface area contributed by atoms with Crippen molar-refractivity contribution < 1.29 is 4.79 Å². The first-order valence-corrected chi connectivity index (χ1v) is 7.11. The molecule has 0 aliphatic rings. The fourth-order valence-electron chi connectivity index (χ4n) is 1.23. The van der Waals surface area contributed by atoms with Crippen LogP contribution in [0.2, 0.25) is 15.1 Å². The molecule has 0 bridgehead atoms. The highest BCUT2D eigenvalue weighted by molar-refractivity contribution is 7.99. The number of hydrogen-bond donors (Lipinski definition) is 2. The number of aromatic nitrogens is 3. The molecule has 0 saturated heterocycles. The molecule has 2 rings (SSSR count). The van der Waals surface area contributed by atoms with Crippen LogP contribution < -0.4 is 5.32 Å². The van der Waals surface area contributed by atoms with E-state index >= 15 is 0 Å². The molecule has 1 heterocycles. The second kappa shape index (κ2) is 6.47. The van der Waals surface area contributed by atoms with E-state index in [9.17, 15) is 4.79 Å². The molecule has 9 heteroatoms. The zero-order chi connectivity index (χ0) is 13.8. The van der Waals surface area contributed by atoms with E-state index in [0.717, 1.165) is 0 Å². The average Bonchev–Trinajstić information content (AvgIpc) is 2.84. The molecular weight excluding hydrogens is 331 g/mol. The lowest BCUT2D eigenvalue weighted by atomic mass is 10.3. The molecule has 1 aromatic heterocycles. The third-order valence-corrected chi connectivity index (χ3v) is 3.70. The fraction of sp³-hybridized carbons (Fsp3) is 0.100. The van der Waals surface area contributed by atoms with Crippen LogP contribution in [0.15, 0.2) is 23.6 Å². The van der Waals surface area contributed by atoms with Gasteiger partial charge in [-0.25, -0.2) is 4.98 Å². The van der Waals surface area contributed by atoms with Crippen molar-refractivity contribution in [3.63, 3.8) is 0 Å². The summed E-state index contributed by atoms with van der Waals surface area (Å²) in [5, 5.41) is 10.5. The highest BCUT2D eigenvalue weighted by atomic mass is 35.5. The predicted octanol–water partition coefficient (Wildman–Crippen LogP) is 3.50. The number of rotatable bonds is 4. The van der Waals surface area contributed by atoms with Crippen molar-refractivity contribution in [1.29, 1.82) is 0 Å². The molecule has 0 atom stereocenters. The van der Waals surface area contributed by atoms with E-state index in [0.29, 0.717) is 15.9 Å². The van der Waals surface area contributed by atoms with Gasteiger partial charge in [-0.1, -0.05) is 46.6 Å². The summed E-state index contributed by atoms with van der Waals surface area (Å²) in [6, 6.07) is 3.02. The summed E-state index contributed by atoms with van der Waals surface area (Å²) in [7, 11) is 0. The Kier molecular flexibility index (Phi) is 4.93. The first-order valence-electron chi connectivity index (χ1n) is 4.99. The highest BCUT2D eigenvalue weighted by Gasteiger charge is 2.12. The van der Waals surface area contributed by atoms with E-state index in [4.69, 9.17) is 34.8 Å². The van der Waals surface area contributed by atoms with E-state index < -0.39 is 0 Å². The molecule has 0 unspecified atom stereocenters. The number of carbonyl (C=O) groups excluding carboxylic acids is 1. The maximum absolute atomic E-state index is 11.8. The number of aromatic amines is 1. The molecular formula is C10H7Cl3N4OS. The average molecular weight is 338 g/mol. The van der Waals surface area contributed by atoms with Crippen molar-refractivity contribution in [3.05, 3.63) is 33.5 Å². The molecule has 0 fully saturated rings. The van der Waals surface area contributed by atoms with Crippen LogP contribution in [-0.2, 0) is 4.79 Å². The molecule has 0 saturated carbocycles. The normalized spacial score (nSPS) is 10.5. The molecule has 0 radical (unpaired) electrons. The van der Waals surface area contributed by atoms with Gasteiger partial charge in [0.15, 0.2) is 5.16 Å². The largest absolute Gasteiger partial charge is 0.323 e. The minimum absolute atomic E-state index is 0.157. The zero-order valence-electron chi connectivity index (χ0n) is 9.28. The van der Waals surface area contributed by atoms with Crippen molar-refractivity contribution in [3.8, 4) is 0 Å². The van der Waals surface area contributed by atoms with Gasteiger partial charge < -0.3 is 5.32 Å². The highest BCUT2D eigenvalue weighted by Crippen LogP contribution is 2.33. The third kappa shape index (κ3) is 4.01. The summed E-state index contributed by atoms with van der Waals surface area (Å²) in [6.07, 6.45) is 1.37. The van der Waals surface area contributed by atoms with Gasteiger partial charge >= 0.3 is 0 Å². The lowest BCUT2D eigenvalue weighted by Gasteiger charge is -2.09. The van der Waals surface area contributed by atoms with Crippen molar-refractivity contribution in [2.24, 2.45) is 0 Å². The van der Waals surface area contributed by atoms with Crippen LogP contribution in [0.1, 0.15) is 0 Å². The molecule has 2 aromatic rings. The monoisotopic (exact) mass is 336 g/mol. The number of anilines is 1. The first-order chi connectivity index (χ1) is 9.06. The van der Waals surface area contributed by atoms with Crippen LogP contribution >= 0.6 is 46.6 Å². The summed E-state index contributed by atoms with van der Waals surface area (Å²) in [5.41, 5.74) is 0.343. The Bertz CT molecular complexity index is 567. The lowest BCUT2D eigenvalue weighted by Crippen LogP contribution is -2.14. The van der Waals surface area contributed by atoms with Gasteiger partial charge in [-0.15, -0.1) is 0 Å². The number of thioether (sulfide) groups is 1. The third-order valence-electron chi connectivity index (χ3n) is 2.00. The Morgan fingerprint density at radius 3 is 2.58 bits per heavy atom. The van der Waals surface area contributed by atoms with E-state index in [-0.39, 0.29) is 21.7 Å². The number of carbonyl (C=O) groups is 1. The van der Waals surface area contributed by atoms with Gasteiger partial charge in [0.05, 0.1) is 21.5 Å². The van der Waals surface area contributed by atoms with Gasteiger partial charge in [-0.2, -0.15) is 5.10 Å². The lowest BCUT2D eigenvalue weighted by molar-refractivity contribution is -0.113. The first kappa shape index (κ1) is 14.5. The number of hydrogen-bond acceptors (Lipinski definition) is 4. The van der Waals surface area contributed by atoms with Gasteiger partial charge in [0.1, 0.15) is 6.33 Å². The SMILES string of the molecule is O=C(CSc1ncn[nH]1)Nc1c(Cl)cc(Cl)cc1Cl. The van der Waals surface area contributed by atoms with Crippen molar-refractivity contribution >= 4 is 58.2 Å². The summed E-state index contributed by atoms with van der Waals surface area (Å²) in [5.74, 6) is -0.0997. The van der Waals surface area contributed by atoms with Gasteiger partial charge in [-0.3, -0.25) is 9.89 Å². The van der Waals surface area contributed by atoms with E-state index in [1.165, 1.54) is 30.2 Å². The number of H-pyrrole nitrogens is 1. The number of nitrogens with zero attached hydrogens (tertiary/aromatic N) is 2. The molecule has 0 aliphatic heterocycles. The van der Waals surface area contributed by atoms with Gasteiger partial charge in [0.2, 0.25) is 5.91 Å². The maximum Gasteiger partial charge on any atom is 0.234 e. The summed E-state index contributed by atoms with van der Waals surface area (Å²) in [4.78, 5) is 15.6. The Hall–Kier alpha value is -0.950. The molecule has 1 amide bonds. The Labute approximate surface area is 128 Å². The van der Waals surface area contributed by atoms with Crippen LogP contribution in [0.4, 0.5) is 5.69 Å². The molecule has 0 aliphatic carbocycles. The van der Waals surface area contributed by atoms with Crippen LogP contribution in [-0.4, -0.2) is 26.8 Å². The van der Waals surface area contributed by atoms with Gasteiger partial charge in [0, 0.05) is 5.02 Å². The Morgan fingerprint density at radius 1 is 1.32 bits per heavy atom.